The predicted molar refractivity (Wildman–Crippen MR) is 130 cm³/mol. The number of anilines is 1. The molecule has 0 aliphatic carbocycles. The fourth-order valence-corrected chi connectivity index (χ4v) is 6.58. The summed E-state index contributed by atoms with van der Waals surface area (Å²) in [6, 6.07) is 19.5. The van der Waals surface area contributed by atoms with E-state index >= 15 is 0 Å². The van der Waals surface area contributed by atoms with E-state index in [1.54, 1.807) is 18.5 Å². The molecular weight excluding hydrogens is 497 g/mol. The van der Waals surface area contributed by atoms with E-state index in [0.717, 1.165) is 12.8 Å². The number of hydrogen-bond acceptors (Lipinski definition) is 6. The number of carbonyl (C=O) groups excluding carboxylic acids is 1. The van der Waals surface area contributed by atoms with Crippen LogP contribution in [0.4, 0.5) is 5.82 Å². The molecule has 1 aliphatic heterocycles. The van der Waals surface area contributed by atoms with Gasteiger partial charge in [-0.15, -0.1) is 0 Å². The summed E-state index contributed by atoms with van der Waals surface area (Å²) in [7, 11) is 0. The summed E-state index contributed by atoms with van der Waals surface area (Å²) >= 11 is 0.192. The zero-order valence-electron chi connectivity index (χ0n) is 18.7. The van der Waals surface area contributed by atoms with Gasteiger partial charge in [0, 0.05) is 0 Å². The second-order valence-corrected chi connectivity index (χ2v) is 10.6. The van der Waals surface area contributed by atoms with E-state index in [9.17, 15) is 4.79 Å². The third-order valence-electron chi connectivity index (χ3n) is 5.58. The van der Waals surface area contributed by atoms with Crippen LogP contribution in [0.15, 0.2) is 73.3 Å². The Morgan fingerprint density at radius 3 is 2.62 bits per heavy atom. The average molecular weight is 522 g/mol. The van der Waals surface area contributed by atoms with Crippen LogP contribution >= 0.6 is 0 Å². The molecule has 3 heterocycles. The fourth-order valence-electron chi connectivity index (χ4n) is 4.00. The number of ether oxygens (including phenoxy) is 2. The molecule has 1 aliphatic rings. The molecular formula is C25H25N5O3Se. The van der Waals surface area contributed by atoms with Gasteiger partial charge < -0.3 is 0 Å². The molecule has 0 spiro atoms. The first-order chi connectivity index (χ1) is 16.7. The summed E-state index contributed by atoms with van der Waals surface area (Å²) in [4.78, 5) is 26.3. The van der Waals surface area contributed by atoms with Crippen molar-refractivity contribution in [1.29, 1.82) is 0 Å². The standard InChI is InChI=1S/C25H25N5O3Se/c1-2-32-20-14-13-19(34-18-11-7-4-8-12-18)25(33-20)30-16-28-21-22(26-15-27-23(21)30)29-24(31)17-9-5-3-6-10-17/h3-12,15-16,19-20,25H,2,13-14H2,1H3,(H,26,27,29,31)/t19-,20?,25-/m0/s1. The first-order valence-corrected chi connectivity index (χ1v) is 13.1. The van der Waals surface area contributed by atoms with Gasteiger partial charge in [-0.25, -0.2) is 0 Å². The van der Waals surface area contributed by atoms with Crippen molar-refractivity contribution in [2.75, 3.05) is 11.9 Å². The van der Waals surface area contributed by atoms with Gasteiger partial charge >= 0.3 is 204 Å². The van der Waals surface area contributed by atoms with Crippen LogP contribution in [0.2, 0.25) is 4.82 Å². The van der Waals surface area contributed by atoms with Crippen LogP contribution in [0.3, 0.4) is 0 Å². The summed E-state index contributed by atoms with van der Waals surface area (Å²) in [5.41, 5.74) is 1.70. The van der Waals surface area contributed by atoms with Crippen LogP contribution in [0.1, 0.15) is 36.4 Å². The van der Waals surface area contributed by atoms with Crippen LogP contribution in [-0.2, 0) is 9.47 Å². The third kappa shape index (κ3) is 4.88. The molecule has 0 saturated carbocycles. The quantitative estimate of drug-likeness (QED) is 0.374. The summed E-state index contributed by atoms with van der Waals surface area (Å²) in [5.74, 6) is 0.130. The molecule has 1 amide bonds. The van der Waals surface area contributed by atoms with Crippen LogP contribution in [0.25, 0.3) is 11.2 Å². The fraction of sp³-hybridized carbons (Fsp3) is 0.280. The topological polar surface area (TPSA) is 91.2 Å². The Bertz CT molecular complexity index is 1250. The van der Waals surface area contributed by atoms with Gasteiger partial charge in [0.2, 0.25) is 0 Å². The van der Waals surface area contributed by atoms with Crippen LogP contribution in [0.5, 0.6) is 0 Å². The average Bonchev–Trinajstić information content (AvgIpc) is 3.31. The Hall–Kier alpha value is -3.10. The predicted octanol–water partition coefficient (Wildman–Crippen LogP) is 3.57. The second-order valence-electron chi connectivity index (χ2n) is 7.82. The third-order valence-corrected chi connectivity index (χ3v) is 8.34. The van der Waals surface area contributed by atoms with Gasteiger partial charge in [-0.05, 0) is 0 Å². The van der Waals surface area contributed by atoms with Crippen molar-refractivity contribution in [3.05, 3.63) is 78.9 Å². The number of amides is 1. The molecule has 34 heavy (non-hydrogen) atoms. The minimum atomic E-state index is -0.275. The molecule has 5 rings (SSSR count). The number of imidazole rings is 1. The Kier molecular flexibility index (Phi) is 6.97. The zero-order valence-corrected chi connectivity index (χ0v) is 20.4. The van der Waals surface area contributed by atoms with Crippen molar-refractivity contribution in [2.45, 2.75) is 37.1 Å². The summed E-state index contributed by atoms with van der Waals surface area (Å²) in [6.45, 7) is 2.56. The summed E-state index contributed by atoms with van der Waals surface area (Å²) in [6.07, 6.45) is 4.46. The number of hydrogen-bond donors (Lipinski definition) is 1. The molecule has 2 aromatic carbocycles. The van der Waals surface area contributed by atoms with Crippen molar-refractivity contribution in [3.63, 3.8) is 0 Å². The van der Waals surface area contributed by atoms with Crippen molar-refractivity contribution in [3.8, 4) is 0 Å². The summed E-state index contributed by atoms with van der Waals surface area (Å²) in [5, 5.41) is 2.87. The molecule has 0 bridgehead atoms. The molecule has 4 aromatic rings. The van der Waals surface area contributed by atoms with Crippen LogP contribution in [-0.4, -0.2) is 53.3 Å². The Labute approximate surface area is 203 Å². The Morgan fingerprint density at radius 1 is 1.09 bits per heavy atom. The number of carbonyl (C=O) groups is 1. The van der Waals surface area contributed by atoms with Gasteiger partial charge in [0.1, 0.15) is 0 Å². The van der Waals surface area contributed by atoms with Gasteiger partial charge in [-0.1, -0.05) is 0 Å². The monoisotopic (exact) mass is 523 g/mol. The molecule has 9 heteroatoms. The molecule has 174 valence electrons. The maximum absolute atomic E-state index is 12.7. The number of nitrogens with one attached hydrogen (secondary N) is 1. The van der Waals surface area contributed by atoms with E-state index in [1.807, 2.05) is 35.8 Å². The van der Waals surface area contributed by atoms with Gasteiger partial charge in [0.15, 0.2) is 0 Å². The summed E-state index contributed by atoms with van der Waals surface area (Å²) < 4.78 is 15.5. The van der Waals surface area contributed by atoms with E-state index in [4.69, 9.17) is 9.47 Å². The first-order valence-electron chi connectivity index (χ1n) is 11.3. The van der Waals surface area contributed by atoms with Gasteiger partial charge in [-0.3, -0.25) is 0 Å². The molecule has 8 nitrogen and oxygen atoms in total. The minimum absolute atomic E-state index is 0.192. The molecule has 1 saturated heterocycles. The number of aromatic nitrogens is 4. The molecule has 2 aromatic heterocycles. The first kappa shape index (κ1) is 22.7. The number of fused-ring (bicyclic) bond motifs is 1. The van der Waals surface area contributed by atoms with Crippen LogP contribution in [0, 0.1) is 0 Å². The van der Waals surface area contributed by atoms with E-state index in [2.05, 4.69) is 44.5 Å². The molecule has 3 atom stereocenters. The van der Waals surface area contributed by atoms with E-state index in [-0.39, 0.29) is 38.2 Å². The van der Waals surface area contributed by atoms with Crippen molar-refractivity contribution < 1.29 is 14.3 Å². The van der Waals surface area contributed by atoms with Crippen molar-refractivity contribution >= 4 is 42.3 Å². The zero-order chi connectivity index (χ0) is 23.3. The number of nitrogens with zero attached hydrogens (tertiary/aromatic N) is 4. The normalized spacial score (nSPS) is 20.3. The van der Waals surface area contributed by atoms with Gasteiger partial charge in [0.05, 0.1) is 0 Å². The SMILES string of the molecule is CCOC1CC[C@H]([Se]c2ccccc2)[C@@H](n2cnc3c(NC(=O)c4ccccc4)ncnc32)O1. The second kappa shape index (κ2) is 10.4. The van der Waals surface area contributed by atoms with Crippen LogP contribution < -0.4 is 9.78 Å². The molecule has 0 radical (unpaired) electrons. The van der Waals surface area contributed by atoms with E-state index in [1.165, 1.54) is 10.8 Å². The van der Waals surface area contributed by atoms with Crippen molar-refractivity contribution in [2.24, 2.45) is 0 Å². The van der Waals surface area contributed by atoms with Crippen molar-refractivity contribution in [1.82, 2.24) is 19.5 Å². The van der Waals surface area contributed by atoms with Gasteiger partial charge in [0.25, 0.3) is 0 Å². The number of benzene rings is 2. The Morgan fingerprint density at radius 2 is 1.85 bits per heavy atom. The Balaban J connectivity index is 1.45. The number of rotatable bonds is 7. The van der Waals surface area contributed by atoms with E-state index < -0.39 is 0 Å². The van der Waals surface area contributed by atoms with E-state index in [0.29, 0.717) is 29.2 Å². The molecule has 1 N–H and O–H groups in total. The maximum atomic E-state index is 12.7. The molecule has 1 fully saturated rings. The van der Waals surface area contributed by atoms with Gasteiger partial charge in [-0.2, -0.15) is 0 Å². The molecule has 1 unspecified atom stereocenters.